The van der Waals surface area contributed by atoms with E-state index in [1.807, 2.05) is 48.2 Å². The monoisotopic (exact) mass is 425 g/mol. The Morgan fingerprint density at radius 1 is 1.13 bits per heavy atom. The molecule has 3 heterocycles. The second-order valence-corrected chi connectivity index (χ2v) is 8.22. The van der Waals surface area contributed by atoms with E-state index >= 15 is 0 Å². The van der Waals surface area contributed by atoms with Gasteiger partial charge in [-0.15, -0.1) is 0 Å². The van der Waals surface area contributed by atoms with Crippen LogP contribution in [0.4, 0.5) is 5.13 Å². The molecule has 2 aliphatic rings. The summed E-state index contributed by atoms with van der Waals surface area (Å²) >= 11 is 1.66. The average molecular weight is 426 g/mol. The highest BCUT2D eigenvalue weighted by molar-refractivity contribution is 7.22. The number of rotatable bonds is 4. The highest BCUT2D eigenvalue weighted by atomic mass is 32.1. The maximum Gasteiger partial charge on any atom is 0.267 e. The van der Waals surface area contributed by atoms with Crippen molar-refractivity contribution in [2.45, 2.75) is 13.0 Å². The van der Waals surface area contributed by atoms with Crippen LogP contribution in [0.2, 0.25) is 0 Å². The highest BCUT2D eigenvalue weighted by Gasteiger charge is 2.33. The number of para-hydroxylation sites is 3. The summed E-state index contributed by atoms with van der Waals surface area (Å²) in [7, 11) is 0. The fourth-order valence-corrected chi connectivity index (χ4v) is 4.82. The van der Waals surface area contributed by atoms with Crippen molar-refractivity contribution in [1.29, 1.82) is 0 Å². The lowest BCUT2D eigenvalue weighted by molar-refractivity contribution is -0.141. The van der Waals surface area contributed by atoms with E-state index in [1.54, 1.807) is 11.3 Å². The third-order valence-electron chi connectivity index (χ3n) is 5.32. The third kappa shape index (κ3) is 3.52. The number of carbonyl (C=O) groups is 1. The number of anilines is 1. The first-order valence-electron chi connectivity index (χ1n) is 10.2. The topological polar surface area (TPSA) is 64.1 Å². The van der Waals surface area contributed by atoms with Crippen LogP contribution in [-0.2, 0) is 4.79 Å². The molecule has 0 radical (unpaired) electrons. The van der Waals surface area contributed by atoms with E-state index in [1.165, 1.54) is 0 Å². The third-order valence-corrected chi connectivity index (χ3v) is 6.40. The number of hydrogen-bond donors (Lipinski definition) is 0. The second kappa shape index (κ2) is 8.02. The van der Waals surface area contributed by atoms with Gasteiger partial charge in [-0.2, -0.15) is 0 Å². The first kappa shape index (κ1) is 19.0. The Hall–Kier alpha value is -3.00. The van der Waals surface area contributed by atoms with Crippen LogP contribution in [-0.4, -0.2) is 61.3 Å². The van der Waals surface area contributed by atoms with Gasteiger partial charge in [0.15, 0.2) is 16.6 Å². The molecule has 1 unspecified atom stereocenters. The minimum absolute atomic E-state index is 0.0212. The van der Waals surface area contributed by atoms with Crippen molar-refractivity contribution in [3.05, 3.63) is 42.5 Å². The van der Waals surface area contributed by atoms with Crippen molar-refractivity contribution in [3.63, 3.8) is 0 Å². The molecule has 3 aromatic rings. The van der Waals surface area contributed by atoms with E-state index in [0.717, 1.165) is 34.2 Å². The lowest BCUT2D eigenvalue weighted by atomic mass is 10.2. The smallest absolute Gasteiger partial charge is 0.267 e. The molecule has 156 valence electrons. The van der Waals surface area contributed by atoms with Crippen molar-refractivity contribution in [2.24, 2.45) is 0 Å². The molecular weight excluding hydrogens is 402 g/mol. The van der Waals surface area contributed by atoms with E-state index in [-0.39, 0.29) is 12.5 Å². The SMILES string of the molecule is CCOc1cccc2sc(N3CCN(C(=O)C4COc5ccccc5O4)CC3)nc12. The Morgan fingerprint density at radius 3 is 2.73 bits per heavy atom. The number of thiazole rings is 1. The summed E-state index contributed by atoms with van der Waals surface area (Å²) in [5.74, 6) is 2.11. The van der Waals surface area contributed by atoms with Gasteiger partial charge in [0.1, 0.15) is 17.9 Å². The molecule has 0 spiro atoms. The lowest BCUT2D eigenvalue weighted by Gasteiger charge is -2.37. The molecule has 5 rings (SSSR count). The summed E-state index contributed by atoms with van der Waals surface area (Å²) in [6.07, 6.45) is -0.595. The lowest BCUT2D eigenvalue weighted by Crippen LogP contribution is -2.54. The van der Waals surface area contributed by atoms with Crippen LogP contribution in [0.25, 0.3) is 10.2 Å². The number of fused-ring (bicyclic) bond motifs is 2. The van der Waals surface area contributed by atoms with Crippen LogP contribution in [0.15, 0.2) is 42.5 Å². The van der Waals surface area contributed by atoms with Crippen LogP contribution in [0.3, 0.4) is 0 Å². The fraction of sp³-hybridized carbons (Fsp3) is 0.364. The second-order valence-electron chi connectivity index (χ2n) is 7.21. The molecule has 1 saturated heterocycles. The number of piperazine rings is 1. The number of aromatic nitrogens is 1. The Kier molecular flexibility index (Phi) is 5.08. The Labute approximate surface area is 178 Å². The van der Waals surface area contributed by atoms with E-state index in [0.29, 0.717) is 31.2 Å². The van der Waals surface area contributed by atoms with Gasteiger partial charge >= 0.3 is 0 Å². The van der Waals surface area contributed by atoms with Gasteiger partial charge in [-0.1, -0.05) is 29.5 Å². The summed E-state index contributed by atoms with van der Waals surface area (Å²) < 4.78 is 18.4. The molecule has 1 fully saturated rings. The number of nitrogens with zero attached hydrogens (tertiary/aromatic N) is 3. The molecule has 0 bridgehead atoms. The van der Waals surface area contributed by atoms with Crippen molar-refractivity contribution >= 4 is 32.6 Å². The van der Waals surface area contributed by atoms with Gasteiger partial charge < -0.3 is 24.0 Å². The standard InChI is InChI=1S/C22H23N3O4S/c1-2-27-17-8-5-9-19-20(17)23-22(30-19)25-12-10-24(11-13-25)21(26)18-14-28-15-6-3-4-7-16(15)29-18/h3-9,18H,2,10-14H2,1H3. The minimum Gasteiger partial charge on any atom is -0.492 e. The van der Waals surface area contributed by atoms with Crippen molar-refractivity contribution in [2.75, 3.05) is 44.3 Å². The van der Waals surface area contributed by atoms with Gasteiger partial charge in [0, 0.05) is 26.2 Å². The predicted molar refractivity (Wildman–Crippen MR) is 116 cm³/mol. The molecule has 0 N–H and O–H groups in total. The van der Waals surface area contributed by atoms with Crippen molar-refractivity contribution in [1.82, 2.24) is 9.88 Å². The van der Waals surface area contributed by atoms with Gasteiger partial charge in [0.2, 0.25) is 6.10 Å². The Balaban J connectivity index is 1.24. The fourth-order valence-electron chi connectivity index (χ4n) is 3.78. The zero-order valence-electron chi connectivity index (χ0n) is 16.7. The summed E-state index contributed by atoms with van der Waals surface area (Å²) in [6, 6.07) is 13.5. The predicted octanol–water partition coefficient (Wildman–Crippen LogP) is 3.18. The summed E-state index contributed by atoms with van der Waals surface area (Å²) in [5, 5.41) is 0.968. The summed E-state index contributed by atoms with van der Waals surface area (Å²) in [4.78, 5) is 21.8. The molecule has 30 heavy (non-hydrogen) atoms. The number of hydrogen-bond acceptors (Lipinski definition) is 7. The van der Waals surface area contributed by atoms with Gasteiger partial charge in [0.05, 0.1) is 11.3 Å². The number of benzene rings is 2. The van der Waals surface area contributed by atoms with Crippen LogP contribution < -0.4 is 19.1 Å². The highest BCUT2D eigenvalue weighted by Crippen LogP contribution is 2.35. The molecule has 8 heteroatoms. The molecule has 2 aliphatic heterocycles. The maximum atomic E-state index is 12.9. The normalized spacial score (nSPS) is 18.5. The average Bonchev–Trinajstić information content (AvgIpc) is 3.24. The summed E-state index contributed by atoms with van der Waals surface area (Å²) in [6.45, 7) is 5.57. The van der Waals surface area contributed by atoms with Crippen LogP contribution in [0, 0.1) is 0 Å². The number of carbonyl (C=O) groups excluding carboxylic acids is 1. The molecule has 1 atom stereocenters. The van der Waals surface area contributed by atoms with Gasteiger partial charge in [-0.3, -0.25) is 4.79 Å². The Morgan fingerprint density at radius 2 is 1.93 bits per heavy atom. The zero-order valence-corrected chi connectivity index (χ0v) is 17.6. The van der Waals surface area contributed by atoms with Crippen LogP contribution in [0.1, 0.15) is 6.92 Å². The van der Waals surface area contributed by atoms with Crippen molar-refractivity contribution < 1.29 is 19.0 Å². The summed E-state index contributed by atoms with van der Waals surface area (Å²) in [5.41, 5.74) is 0.907. The van der Waals surface area contributed by atoms with Crippen LogP contribution in [0.5, 0.6) is 17.2 Å². The quantitative estimate of drug-likeness (QED) is 0.640. The van der Waals surface area contributed by atoms with Gasteiger partial charge in [0.25, 0.3) is 5.91 Å². The number of amides is 1. The van der Waals surface area contributed by atoms with E-state index in [4.69, 9.17) is 19.2 Å². The molecule has 0 saturated carbocycles. The van der Waals surface area contributed by atoms with E-state index < -0.39 is 6.10 Å². The minimum atomic E-state index is -0.595. The van der Waals surface area contributed by atoms with Gasteiger partial charge in [-0.05, 0) is 31.2 Å². The number of ether oxygens (including phenoxy) is 3. The molecule has 7 nitrogen and oxygen atoms in total. The molecule has 1 amide bonds. The Bertz CT molecular complexity index is 1060. The van der Waals surface area contributed by atoms with Gasteiger partial charge in [-0.25, -0.2) is 4.98 Å². The van der Waals surface area contributed by atoms with E-state index in [2.05, 4.69) is 11.0 Å². The van der Waals surface area contributed by atoms with Crippen molar-refractivity contribution in [3.8, 4) is 17.2 Å². The first-order chi connectivity index (χ1) is 14.7. The van der Waals surface area contributed by atoms with Crippen LogP contribution >= 0.6 is 11.3 Å². The molecular formula is C22H23N3O4S. The maximum absolute atomic E-state index is 12.9. The molecule has 2 aromatic carbocycles. The van der Waals surface area contributed by atoms with E-state index in [9.17, 15) is 4.79 Å². The molecule has 0 aliphatic carbocycles. The first-order valence-corrected chi connectivity index (χ1v) is 11.0. The zero-order chi connectivity index (χ0) is 20.5. The largest absolute Gasteiger partial charge is 0.492 e. The molecule has 1 aromatic heterocycles.